The Balaban J connectivity index is 2.34. The van der Waals surface area contributed by atoms with Crippen molar-refractivity contribution >= 4 is 29.4 Å². The molecule has 1 aliphatic heterocycles. The number of nitrogens with one attached hydrogen (secondary N) is 3. The molecule has 312 valence electrons. The van der Waals surface area contributed by atoms with Gasteiger partial charge in [0.05, 0.1) is 60.4 Å². The van der Waals surface area contributed by atoms with Gasteiger partial charge >= 0.3 is 0 Å². The molecule has 15 heteroatoms. The van der Waals surface area contributed by atoms with Gasteiger partial charge in [0.25, 0.3) is 0 Å². The predicted octanol–water partition coefficient (Wildman–Crippen LogP) is 3.58. The Morgan fingerprint density at radius 2 is 1.47 bits per heavy atom. The number of methoxy groups -OCH3 is 3. The number of ketones is 1. The van der Waals surface area contributed by atoms with Gasteiger partial charge in [-0.05, 0) is 50.3 Å². The van der Waals surface area contributed by atoms with Crippen LogP contribution in [-0.2, 0) is 33.4 Å². The third kappa shape index (κ3) is 11.7. The first-order chi connectivity index (χ1) is 25.8. The molecule has 1 fully saturated rings. The number of likely N-dealkylation sites (N-methyl/N-ethyl adjacent to an activating group) is 2. The lowest BCUT2D eigenvalue weighted by Gasteiger charge is -2.41. The summed E-state index contributed by atoms with van der Waals surface area (Å²) >= 11 is 0. The molecule has 55 heavy (non-hydrogen) atoms. The standard InChI is InChI=1S/C40H65F2N5O8/c1-14-23(6)35(46(10)40(52)34(22(4)5)45-39(51)33(43-9)21(2)3)30(54-12)19-31(48)47-20-26(53-11)18-29(47)37(55-13)24(7)38(50)44-25(8)36(49)32-27(41)16-15-17-28(32)42/h15-17,21-26,29-30,33-35,37,43H,14,18-20H2,1-13H3,(H,44,50)(H,45,51)/t23-,24+,25-,26+,29+,30+,33-,34-,35-,37+/m0/s1. The van der Waals surface area contributed by atoms with Gasteiger partial charge in [-0.2, -0.15) is 0 Å². The minimum atomic E-state index is -1.25. The van der Waals surface area contributed by atoms with E-state index >= 15 is 0 Å². The number of likely N-dealkylation sites (tertiary alicyclic amines) is 1. The number of Topliss-reactive ketones (excluding diaryl/α,β-unsaturated/α-hetero) is 1. The summed E-state index contributed by atoms with van der Waals surface area (Å²) in [7, 11) is 7.81. The molecule has 0 aliphatic carbocycles. The molecule has 1 saturated heterocycles. The van der Waals surface area contributed by atoms with Gasteiger partial charge < -0.3 is 40.0 Å². The van der Waals surface area contributed by atoms with E-state index in [2.05, 4.69) is 16.0 Å². The number of hydrogen-bond donors (Lipinski definition) is 3. The second kappa shape index (κ2) is 21.7. The van der Waals surface area contributed by atoms with Gasteiger partial charge in [-0.25, -0.2) is 8.78 Å². The molecular formula is C40H65F2N5O8. The van der Waals surface area contributed by atoms with Gasteiger partial charge in [0.15, 0.2) is 5.78 Å². The van der Waals surface area contributed by atoms with E-state index in [1.54, 1.807) is 30.8 Å². The van der Waals surface area contributed by atoms with Crippen LogP contribution in [0.3, 0.4) is 0 Å². The van der Waals surface area contributed by atoms with Crippen LogP contribution in [-0.4, -0.2) is 130 Å². The van der Waals surface area contributed by atoms with E-state index in [1.807, 2.05) is 41.5 Å². The van der Waals surface area contributed by atoms with Crippen LogP contribution in [0, 0.1) is 35.3 Å². The molecule has 0 saturated carbocycles. The molecule has 0 radical (unpaired) electrons. The maximum atomic E-state index is 14.3. The lowest BCUT2D eigenvalue weighted by atomic mass is 9.89. The van der Waals surface area contributed by atoms with E-state index in [-0.39, 0.29) is 54.5 Å². The van der Waals surface area contributed by atoms with Gasteiger partial charge in [0.1, 0.15) is 17.7 Å². The molecule has 0 bridgehead atoms. The summed E-state index contributed by atoms with van der Waals surface area (Å²) < 4.78 is 46.1. The van der Waals surface area contributed by atoms with Gasteiger partial charge in [0, 0.05) is 34.9 Å². The van der Waals surface area contributed by atoms with Crippen molar-refractivity contribution in [3.05, 3.63) is 35.4 Å². The van der Waals surface area contributed by atoms with E-state index in [9.17, 15) is 32.8 Å². The molecule has 1 heterocycles. The molecular weight excluding hydrogens is 716 g/mol. The first-order valence-electron chi connectivity index (χ1n) is 19.2. The molecule has 0 aromatic heterocycles. The number of carbonyl (C=O) groups excluding carboxylic acids is 5. The molecule has 0 unspecified atom stereocenters. The summed E-state index contributed by atoms with van der Waals surface area (Å²) in [5, 5.41) is 8.53. The van der Waals surface area contributed by atoms with Crippen molar-refractivity contribution in [2.24, 2.45) is 23.7 Å². The highest BCUT2D eigenvalue weighted by molar-refractivity contribution is 6.02. The van der Waals surface area contributed by atoms with Crippen LogP contribution < -0.4 is 16.0 Å². The monoisotopic (exact) mass is 781 g/mol. The molecule has 0 spiro atoms. The number of carbonyl (C=O) groups is 5. The third-order valence-electron chi connectivity index (χ3n) is 11.0. The first kappa shape index (κ1) is 47.6. The fourth-order valence-electron chi connectivity index (χ4n) is 7.56. The van der Waals surface area contributed by atoms with E-state index in [0.717, 1.165) is 18.2 Å². The second-order valence-electron chi connectivity index (χ2n) is 15.4. The zero-order chi connectivity index (χ0) is 41.9. The molecule has 10 atom stereocenters. The number of amides is 4. The molecule has 1 aliphatic rings. The molecule has 1 aromatic rings. The summed E-state index contributed by atoms with van der Waals surface area (Å²) in [6.07, 6.45) is -1.06. The summed E-state index contributed by atoms with van der Waals surface area (Å²) in [4.78, 5) is 71.3. The fraction of sp³-hybridized carbons (Fsp3) is 0.725. The highest BCUT2D eigenvalue weighted by Gasteiger charge is 2.46. The van der Waals surface area contributed by atoms with Crippen molar-refractivity contribution in [3.8, 4) is 0 Å². The van der Waals surface area contributed by atoms with Gasteiger partial charge in [0.2, 0.25) is 23.6 Å². The van der Waals surface area contributed by atoms with Crippen molar-refractivity contribution in [2.75, 3.05) is 42.0 Å². The smallest absolute Gasteiger partial charge is 0.245 e. The van der Waals surface area contributed by atoms with Gasteiger partial charge in [-0.1, -0.05) is 61.0 Å². The number of ether oxygens (including phenoxy) is 3. The molecule has 1 aromatic carbocycles. The largest absolute Gasteiger partial charge is 0.380 e. The summed E-state index contributed by atoms with van der Waals surface area (Å²) in [6.45, 7) is 14.7. The average molecular weight is 782 g/mol. The summed E-state index contributed by atoms with van der Waals surface area (Å²) in [5.74, 6) is -5.72. The quantitative estimate of drug-likeness (QED) is 0.159. The van der Waals surface area contributed by atoms with Crippen molar-refractivity contribution in [1.29, 1.82) is 0 Å². The van der Waals surface area contributed by atoms with Crippen molar-refractivity contribution < 1.29 is 47.0 Å². The Bertz CT molecular complexity index is 1440. The van der Waals surface area contributed by atoms with Crippen LogP contribution in [0.15, 0.2) is 18.2 Å². The van der Waals surface area contributed by atoms with Crippen LogP contribution in [0.1, 0.15) is 85.0 Å². The Morgan fingerprint density at radius 3 is 1.95 bits per heavy atom. The lowest BCUT2D eigenvalue weighted by Crippen LogP contribution is -2.59. The minimum absolute atomic E-state index is 0.00568. The highest BCUT2D eigenvalue weighted by atomic mass is 19.1. The second-order valence-corrected chi connectivity index (χ2v) is 15.4. The van der Waals surface area contributed by atoms with E-state index in [0.29, 0.717) is 12.8 Å². The average Bonchev–Trinajstić information content (AvgIpc) is 3.57. The predicted molar refractivity (Wildman–Crippen MR) is 205 cm³/mol. The third-order valence-corrected chi connectivity index (χ3v) is 11.0. The number of hydrogen-bond acceptors (Lipinski definition) is 9. The zero-order valence-electron chi connectivity index (χ0n) is 34.9. The zero-order valence-corrected chi connectivity index (χ0v) is 34.9. The summed E-state index contributed by atoms with van der Waals surface area (Å²) in [6, 6.07) is -0.653. The topological polar surface area (TPSA) is 156 Å². The fourth-order valence-corrected chi connectivity index (χ4v) is 7.56. The first-order valence-corrected chi connectivity index (χ1v) is 19.2. The van der Waals surface area contributed by atoms with Crippen LogP contribution >= 0.6 is 0 Å². The van der Waals surface area contributed by atoms with Crippen molar-refractivity contribution in [3.63, 3.8) is 0 Å². The Morgan fingerprint density at radius 1 is 0.891 bits per heavy atom. The Hall–Kier alpha value is -3.53. The number of rotatable bonds is 21. The maximum Gasteiger partial charge on any atom is 0.245 e. The van der Waals surface area contributed by atoms with E-state index in [4.69, 9.17) is 14.2 Å². The number of nitrogens with zero attached hydrogens (tertiary/aromatic N) is 2. The summed E-state index contributed by atoms with van der Waals surface area (Å²) in [5.41, 5.74) is -0.740. The van der Waals surface area contributed by atoms with Crippen LogP contribution in [0.5, 0.6) is 0 Å². The maximum absolute atomic E-state index is 14.3. The lowest BCUT2D eigenvalue weighted by molar-refractivity contribution is -0.148. The molecule has 4 amide bonds. The normalized spacial score (nSPS) is 20.3. The van der Waals surface area contributed by atoms with E-state index in [1.165, 1.54) is 28.3 Å². The molecule has 13 nitrogen and oxygen atoms in total. The highest BCUT2D eigenvalue weighted by Crippen LogP contribution is 2.31. The Kier molecular flexibility index (Phi) is 18.8. The minimum Gasteiger partial charge on any atom is -0.380 e. The molecule has 3 N–H and O–H groups in total. The SMILES string of the molecule is CC[C@H](C)[C@@H]([C@@H](CC(=O)N1C[C@H](OC)C[C@@H]1[C@H](OC)[C@@H](C)C(=O)N[C@@H](C)C(=O)c1c(F)cccc1F)OC)N(C)C(=O)[C@@H](NC(=O)[C@@H](NC)C(C)C)C(C)C. The van der Waals surface area contributed by atoms with Crippen molar-refractivity contribution in [2.45, 2.75) is 123 Å². The van der Waals surface area contributed by atoms with Crippen LogP contribution in [0.2, 0.25) is 0 Å². The van der Waals surface area contributed by atoms with Gasteiger partial charge in [-0.15, -0.1) is 0 Å². The molecule has 2 rings (SSSR count). The van der Waals surface area contributed by atoms with Gasteiger partial charge in [-0.3, -0.25) is 24.0 Å². The number of benzene rings is 1. The Labute approximate surface area is 325 Å². The van der Waals surface area contributed by atoms with Crippen molar-refractivity contribution in [1.82, 2.24) is 25.8 Å². The number of halogens is 2. The van der Waals surface area contributed by atoms with Crippen LogP contribution in [0.25, 0.3) is 0 Å². The van der Waals surface area contributed by atoms with Crippen LogP contribution in [0.4, 0.5) is 8.78 Å². The van der Waals surface area contributed by atoms with E-state index < -0.39 is 77.2 Å².